The molecule has 108 valence electrons. The fraction of sp³-hybridized carbons (Fsp3) is 0.462. The van der Waals surface area contributed by atoms with Crippen LogP contribution in [-0.2, 0) is 4.79 Å². The zero-order valence-corrected chi connectivity index (χ0v) is 11.3. The average Bonchev–Trinajstić information content (AvgIpc) is 2.45. The first-order chi connectivity index (χ1) is 9.59. The molecule has 0 saturated carbocycles. The number of nitrogens with zero attached hydrogens (tertiary/aromatic N) is 2. The normalized spacial score (nSPS) is 18.6. The predicted molar refractivity (Wildman–Crippen MR) is 75.6 cm³/mol. The maximum Gasteiger partial charge on any atom is 0.292 e. The molecule has 0 unspecified atom stereocenters. The van der Waals surface area contributed by atoms with Crippen molar-refractivity contribution in [2.45, 2.75) is 13.0 Å². The summed E-state index contributed by atoms with van der Waals surface area (Å²) in [5.41, 5.74) is 0.349. The van der Waals surface area contributed by atoms with Crippen LogP contribution in [0.25, 0.3) is 0 Å². The summed E-state index contributed by atoms with van der Waals surface area (Å²) in [4.78, 5) is 24.3. The van der Waals surface area contributed by atoms with Crippen LogP contribution >= 0.6 is 0 Å². The molecule has 0 radical (unpaired) electrons. The molecule has 0 aliphatic carbocycles. The van der Waals surface area contributed by atoms with Crippen LogP contribution in [0.1, 0.15) is 6.92 Å². The van der Waals surface area contributed by atoms with Crippen molar-refractivity contribution < 1.29 is 9.72 Å². The molecule has 1 fully saturated rings. The van der Waals surface area contributed by atoms with Crippen LogP contribution in [0.3, 0.4) is 0 Å². The molecule has 0 bridgehead atoms. The molecule has 1 atom stereocenters. The summed E-state index contributed by atoms with van der Waals surface area (Å²) >= 11 is 0. The second-order valence-electron chi connectivity index (χ2n) is 4.77. The lowest BCUT2D eigenvalue weighted by atomic mass is 10.2. The molecule has 1 saturated heterocycles. The standard InChI is InChI=1S/C13H18N4O3/c1-10-8-14-6-7-16(10)13(18)9-15-11-4-2-3-5-12(11)17(19)20/h2-5,10,14-15H,6-9H2,1H3/t10-/m1/s1. The number of amides is 1. The van der Waals surface area contributed by atoms with E-state index < -0.39 is 4.92 Å². The summed E-state index contributed by atoms with van der Waals surface area (Å²) in [6, 6.07) is 6.47. The van der Waals surface area contributed by atoms with Gasteiger partial charge in [0, 0.05) is 31.7 Å². The molecule has 1 aliphatic rings. The fourth-order valence-electron chi connectivity index (χ4n) is 2.27. The highest BCUT2D eigenvalue weighted by Gasteiger charge is 2.23. The van der Waals surface area contributed by atoms with Gasteiger partial charge in [0.05, 0.1) is 11.5 Å². The molecule has 7 heteroatoms. The molecule has 20 heavy (non-hydrogen) atoms. The van der Waals surface area contributed by atoms with E-state index in [0.29, 0.717) is 12.2 Å². The topological polar surface area (TPSA) is 87.5 Å². The lowest BCUT2D eigenvalue weighted by molar-refractivity contribution is -0.383. The zero-order valence-electron chi connectivity index (χ0n) is 11.3. The van der Waals surface area contributed by atoms with E-state index in [1.165, 1.54) is 6.07 Å². The van der Waals surface area contributed by atoms with Crippen molar-refractivity contribution in [2.75, 3.05) is 31.5 Å². The van der Waals surface area contributed by atoms with Gasteiger partial charge in [0.2, 0.25) is 5.91 Å². The van der Waals surface area contributed by atoms with E-state index in [0.717, 1.165) is 13.1 Å². The molecule has 1 amide bonds. The van der Waals surface area contributed by atoms with Crippen molar-refractivity contribution in [2.24, 2.45) is 0 Å². The van der Waals surface area contributed by atoms with Gasteiger partial charge in [-0.15, -0.1) is 0 Å². The van der Waals surface area contributed by atoms with Crippen LogP contribution in [0.2, 0.25) is 0 Å². The molecule has 1 heterocycles. The van der Waals surface area contributed by atoms with Gasteiger partial charge in [-0.25, -0.2) is 0 Å². The van der Waals surface area contributed by atoms with Crippen molar-refractivity contribution in [3.05, 3.63) is 34.4 Å². The Bertz CT molecular complexity index is 506. The molecular weight excluding hydrogens is 260 g/mol. The number of rotatable bonds is 4. The zero-order chi connectivity index (χ0) is 14.5. The molecule has 1 aliphatic heterocycles. The van der Waals surface area contributed by atoms with Crippen LogP contribution in [0.15, 0.2) is 24.3 Å². The van der Waals surface area contributed by atoms with E-state index >= 15 is 0 Å². The lowest BCUT2D eigenvalue weighted by Gasteiger charge is -2.34. The van der Waals surface area contributed by atoms with E-state index in [2.05, 4.69) is 10.6 Å². The van der Waals surface area contributed by atoms with Crippen LogP contribution in [0, 0.1) is 10.1 Å². The number of nitro benzene ring substituents is 1. The van der Waals surface area contributed by atoms with Crippen molar-refractivity contribution in [3.8, 4) is 0 Å². The number of hydrogen-bond acceptors (Lipinski definition) is 5. The van der Waals surface area contributed by atoms with Gasteiger partial charge >= 0.3 is 0 Å². The van der Waals surface area contributed by atoms with Gasteiger partial charge in [-0.1, -0.05) is 12.1 Å². The fourth-order valence-corrected chi connectivity index (χ4v) is 2.27. The SMILES string of the molecule is C[C@@H]1CNCCN1C(=O)CNc1ccccc1[N+](=O)[O-]. The largest absolute Gasteiger partial charge is 0.371 e. The number of hydrogen-bond donors (Lipinski definition) is 2. The van der Waals surface area contributed by atoms with E-state index in [9.17, 15) is 14.9 Å². The highest BCUT2D eigenvalue weighted by atomic mass is 16.6. The predicted octanol–water partition coefficient (Wildman–Crippen LogP) is 0.827. The molecule has 0 spiro atoms. The molecular formula is C13H18N4O3. The van der Waals surface area contributed by atoms with E-state index in [1.54, 1.807) is 23.1 Å². The van der Waals surface area contributed by atoms with Gasteiger partial charge < -0.3 is 15.5 Å². The van der Waals surface area contributed by atoms with Gasteiger partial charge in [0.25, 0.3) is 5.69 Å². The maximum absolute atomic E-state index is 12.1. The monoisotopic (exact) mass is 278 g/mol. The van der Waals surface area contributed by atoms with E-state index in [1.807, 2.05) is 6.92 Å². The van der Waals surface area contributed by atoms with Crippen LogP contribution in [0.5, 0.6) is 0 Å². The number of carbonyl (C=O) groups is 1. The minimum absolute atomic E-state index is 0.0198. The van der Waals surface area contributed by atoms with Crippen LogP contribution in [0.4, 0.5) is 11.4 Å². The number of piperazine rings is 1. The molecule has 1 aromatic rings. The third kappa shape index (κ3) is 3.24. The van der Waals surface area contributed by atoms with Gasteiger partial charge in [0.1, 0.15) is 5.69 Å². The first-order valence-corrected chi connectivity index (χ1v) is 6.57. The molecule has 7 nitrogen and oxygen atoms in total. The van der Waals surface area contributed by atoms with Gasteiger partial charge in [-0.3, -0.25) is 14.9 Å². The van der Waals surface area contributed by atoms with Crippen molar-refractivity contribution in [1.29, 1.82) is 0 Å². The Balaban J connectivity index is 1.98. The lowest BCUT2D eigenvalue weighted by Crippen LogP contribution is -2.53. The average molecular weight is 278 g/mol. The summed E-state index contributed by atoms with van der Waals surface area (Å²) in [5.74, 6) is -0.0443. The molecule has 0 aromatic heterocycles. The maximum atomic E-state index is 12.1. The molecule has 2 rings (SSSR count). The third-order valence-electron chi connectivity index (χ3n) is 3.35. The Morgan fingerprint density at radius 3 is 3.00 bits per heavy atom. The second-order valence-corrected chi connectivity index (χ2v) is 4.77. The van der Waals surface area contributed by atoms with Crippen molar-refractivity contribution >= 4 is 17.3 Å². The number of nitrogens with one attached hydrogen (secondary N) is 2. The third-order valence-corrected chi connectivity index (χ3v) is 3.35. The highest BCUT2D eigenvalue weighted by Crippen LogP contribution is 2.22. The van der Waals surface area contributed by atoms with Gasteiger partial charge in [0.15, 0.2) is 0 Å². The Kier molecular flexibility index (Phi) is 4.52. The summed E-state index contributed by atoms with van der Waals surface area (Å²) < 4.78 is 0. The summed E-state index contributed by atoms with van der Waals surface area (Å²) in [6.45, 7) is 4.27. The number of anilines is 1. The highest BCUT2D eigenvalue weighted by molar-refractivity contribution is 5.82. The minimum Gasteiger partial charge on any atom is -0.371 e. The van der Waals surface area contributed by atoms with Gasteiger partial charge in [-0.2, -0.15) is 0 Å². The van der Waals surface area contributed by atoms with E-state index in [4.69, 9.17) is 0 Å². The molecule has 1 aromatic carbocycles. The first kappa shape index (κ1) is 14.3. The number of para-hydroxylation sites is 2. The summed E-state index contributed by atoms with van der Waals surface area (Å²) in [7, 11) is 0. The second kappa shape index (κ2) is 6.33. The Morgan fingerprint density at radius 2 is 2.30 bits per heavy atom. The van der Waals surface area contributed by atoms with Crippen LogP contribution in [-0.4, -0.2) is 48.0 Å². The Morgan fingerprint density at radius 1 is 1.55 bits per heavy atom. The Labute approximate surface area is 117 Å². The van der Waals surface area contributed by atoms with Crippen molar-refractivity contribution in [3.63, 3.8) is 0 Å². The minimum atomic E-state index is -0.458. The molecule has 2 N–H and O–H groups in total. The summed E-state index contributed by atoms with van der Waals surface area (Å²) in [5, 5.41) is 17.0. The number of benzene rings is 1. The van der Waals surface area contributed by atoms with Crippen LogP contribution < -0.4 is 10.6 Å². The summed E-state index contributed by atoms with van der Waals surface area (Å²) in [6.07, 6.45) is 0. The number of nitro groups is 1. The Hall–Kier alpha value is -2.15. The van der Waals surface area contributed by atoms with E-state index in [-0.39, 0.29) is 24.2 Å². The van der Waals surface area contributed by atoms with Gasteiger partial charge in [-0.05, 0) is 13.0 Å². The van der Waals surface area contributed by atoms with Crippen molar-refractivity contribution in [1.82, 2.24) is 10.2 Å². The number of carbonyl (C=O) groups excluding carboxylic acids is 1. The smallest absolute Gasteiger partial charge is 0.292 e. The first-order valence-electron chi connectivity index (χ1n) is 6.57. The quantitative estimate of drug-likeness (QED) is 0.629.